The van der Waals surface area contributed by atoms with Gasteiger partial charge in [-0.25, -0.2) is 9.59 Å². The number of benzene rings is 1. The van der Waals surface area contributed by atoms with Crippen LogP contribution in [0, 0.1) is 0 Å². The molecule has 0 N–H and O–H groups in total. The summed E-state index contributed by atoms with van der Waals surface area (Å²) in [5.74, 6) is -0.00501. The van der Waals surface area contributed by atoms with Gasteiger partial charge in [-0.3, -0.25) is 0 Å². The lowest BCUT2D eigenvalue weighted by Crippen LogP contribution is -2.07. The summed E-state index contributed by atoms with van der Waals surface area (Å²) in [5.41, 5.74) is 2.47. The second-order valence-electron chi connectivity index (χ2n) is 5.18. The Kier molecular flexibility index (Phi) is 4.76. The Morgan fingerprint density at radius 1 is 1.12 bits per heavy atom. The Morgan fingerprint density at radius 3 is 2.71 bits per heavy atom. The second kappa shape index (κ2) is 6.97. The van der Waals surface area contributed by atoms with E-state index in [1.807, 2.05) is 35.1 Å². The highest BCUT2D eigenvalue weighted by molar-refractivity contribution is 7.98. The van der Waals surface area contributed by atoms with E-state index in [2.05, 4.69) is 0 Å². The van der Waals surface area contributed by atoms with Gasteiger partial charge >= 0.3 is 11.9 Å². The molecule has 3 aromatic rings. The van der Waals surface area contributed by atoms with Crippen LogP contribution in [0.4, 0.5) is 0 Å². The average Bonchev–Trinajstić information content (AvgIpc) is 2.95. The quantitative estimate of drug-likeness (QED) is 0.525. The van der Waals surface area contributed by atoms with Gasteiger partial charge in [-0.15, -0.1) is 0 Å². The fraction of sp³-hybridized carbons (Fsp3) is 0.222. The Labute approximate surface area is 143 Å². The third-order valence-electron chi connectivity index (χ3n) is 3.79. The lowest BCUT2D eigenvalue weighted by Gasteiger charge is -2.04. The Balaban J connectivity index is 2.11. The molecule has 24 heavy (non-hydrogen) atoms. The van der Waals surface area contributed by atoms with Crippen molar-refractivity contribution in [2.45, 2.75) is 0 Å². The molecule has 124 valence electrons. The van der Waals surface area contributed by atoms with Crippen LogP contribution >= 0.6 is 11.8 Å². The van der Waals surface area contributed by atoms with E-state index in [4.69, 9.17) is 9.47 Å². The summed E-state index contributed by atoms with van der Waals surface area (Å²) in [7, 11) is 1.36. The van der Waals surface area contributed by atoms with Crippen molar-refractivity contribution in [3.05, 3.63) is 53.7 Å². The number of hydrogen-bond acceptors (Lipinski definition) is 5. The first-order valence-corrected chi connectivity index (χ1v) is 8.84. The minimum atomic E-state index is -0.399. The fourth-order valence-corrected chi connectivity index (χ4v) is 2.93. The number of carbonyl (C=O) groups is 2. The molecule has 0 unspecified atom stereocenters. The van der Waals surface area contributed by atoms with Crippen LogP contribution in [0.25, 0.3) is 16.4 Å². The molecule has 0 radical (unpaired) electrons. The number of nitrogens with zero attached hydrogens (tertiary/aromatic N) is 1. The smallest absolute Gasteiger partial charge is 0.340 e. The molecule has 1 aromatic carbocycles. The molecule has 0 fully saturated rings. The lowest BCUT2D eigenvalue weighted by molar-refractivity contribution is 0.0529. The van der Waals surface area contributed by atoms with E-state index in [9.17, 15) is 9.59 Å². The molecule has 0 aliphatic heterocycles. The van der Waals surface area contributed by atoms with Gasteiger partial charge in [0.25, 0.3) is 0 Å². The van der Waals surface area contributed by atoms with Crippen LogP contribution in [0.5, 0.6) is 0 Å². The highest BCUT2D eigenvalue weighted by atomic mass is 32.2. The average molecular weight is 343 g/mol. The maximum absolute atomic E-state index is 12.2. The summed E-state index contributed by atoms with van der Waals surface area (Å²) < 4.78 is 12.0. The molecule has 6 heteroatoms. The van der Waals surface area contributed by atoms with Crippen LogP contribution in [-0.4, -0.2) is 42.1 Å². The number of carbonyl (C=O) groups excluding carboxylic acids is 2. The maximum Gasteiger partial charge on any atom is 0.340 e. The van der Waals surface area contributed by atoms with E-state index in [1.165, 1.54) is 7.11 Å². The van der Waals surface area contributed by atoms with Crippen LogP contribution < -0.4 is 0 Å². The zero-order valence-corrected chi connectivity index (χ0v) is 14.3. The van der Waals surface area contributed by atoms with E-state index >= 15 is 0 Å². The Hall–Kier alpha value is -2.47. The van der Waals surface area contributed by atoms with Gasteiger partial charge in [0.05, 0.1) is 29.3 Å². The van der Waals surface area contributed by atoms with Gasteiger partial charge in [-0.1, -0.05) is 12.1 Å². The number of aromatic nitrogens is 1. The van der Waals surface area contributed by atoms with Gasteiger partial charge in [0.1, 0.15) is 6.61 Å². The molecule has 0 aliphatic carbocycles. The number of esters is 2. The molecule has 0 amide bonds. The second-order valence-corrected chi connectivity index (χ2v) is 6.17. The topological polar surface area (TPSA) is 57.0 Å². The Morgan fingerprint density at radius 2 is 1.96 bits per heavy atom. The highest BCUT2D eigenvalue weighted by Crippen LogP contribution is 2.28. The van der Waals surface area contributed by atoms with Crippen molar-refractivity contribution in [3.63, 3.8) is 0 Å². The first-order valence-electron chi connectivity index (χ1n) is 7.44. The number of ether oxygens (including phenoxy) is 2. The summed E-state index contributed by atoms with van der Waals surface area (Å²) in [6, 6.07) is 10.8. The molecule has 3 rings (SSSR count). The number of thioether (sulfide) groups is 1. The minimum Gasteiger partial charge on any atom is -0.465 e. The largest absolute Gasteiger partial charge is 0.465 e. The van der Waals surface area contributed by atoms with Gasteiger partial charge in [-0.05, 0) is 30.5 Å². The van der Waals surface area contributed by atoms with Crippen molar-refractivity contribution in [1.29, 1.82) is 0 Å². The maximum atomic E-state index is 12.2. The van der Waals surface area contributed by atoms with Crippen LogP contribution in [0.2, 0.25) is 0 Å². The molecular weight excluding hydrogens is 326 g/mol. The van der Waals surface area contributed by atoms with Crippen molar-refractivity contribution in [3.8, 4) is 0 Å². The molecule has 5 nitrogen and oxygen atoms in total. The predicted octanol–water partition coefficient (Wildman–Crippen LogP) is 3.40. The summed E-state index contributed by atoms with van der Waals surface area (Å²) in [4.78, 5) is 24.3. The number of pyridine rings is 1. The number of rotatable bonds is 5. The molecule has 2 heterocycles. The monoisotopic (exact) mass is 343 g/mol. The first kappa shape index (κ1) is 16.4. The van der Waals surface area contributed by atoms with Gasteiger partial charge < -0.3 is 13.9 Å². The summed E-state index contributed by atoms with van der Waals surface area (Å²) in [6.45, 7) is 0.375. The van der Waals surface area contributed by atoms with E-state index in [1.54, 1.807) is 30.0 Å². The van der Waals surface area contributed by atoms with Crippen molar-refractivity contribution in [2.75, 3.05) is 25.7 Å². The van der Waals surface area contributed by atoms with Crippen molar-refractivity contribution in [2.24, 2.45) is 0 Å². The SMILES string of the molecule is COC(=O)c1c2ccc(C(=O)OCCSC)cc2n2ccccc12. The normalized spacial score (nSPS) is 10.9. The molecule has 0 aliphatic rings. The first-order chi connectivity index (χ1) is 11.7. The standard InChI is InChI=1S/C18H17NO4S/c1-22-18(21)16-13-7-6-12(17(20)23-9-10-24-2)11-15(13)19-8-4-3-5-14(16)19/h3-8,11H,9-10H2,1-2H3. The van der Waals surface area contributed by atoms with E-state index in [-0.39, 0.29) is 5.97 Å². The zero-order valence-electron chi connectivity index (χ0n) is 13.4. The highest BCUT2D eigenvalue weighted by Gasteiger charge is 2.20. The number of fused-ring (bicyclic) bond motifs is 3. The molecule has 0 saturated heterocycles. The third kappa shape index (κ3) is 2.85. The summed E-state index contributed by atoms with van der Waals surface area (Å²) >= 11 is 1.62. The third-order valence-corrected chi connectivity index (χ3v) is 4.36. The van der Waals surface area contributed by atoms with Gasteiger partial charge in [0.15, 0.2) is 0 Å². The van der Waals surface area contributed by atoms with Crippen molar-refractivity contribution < 1.29 is 19.1 Å². The summed E-state index contributed by atoms with van der Waals surface area (Å²) in [6.07, 6.45) is 3.81. The molecule has 0 atom stereocenters. The number of methoxy groups -OCH3 is 1. The van der Waals surface area contributed by atoms with Crippen molar-refractivity contribution >= 4 is 40.1 Å². The van der Waals surface area contributed by atoms with Gasteiger partial charge in [-0.2, -0.15) is 11.8 Å². The minimum absolute atomic E-state index is 0.364. The zero-order chi connectivity index (χ0) is 17.1. The number of hydrogen-bond donors (Lipinski definition) is 0. The van der Waals surface area contributed by atoms with Crippen molar-refractivity contribution in [1.82, 2.24) is 4.40 Å². The van der Waals surface area contributed by atoms with E-state index in [0.717, 1.165) is 22.2 Å². The molecule has 0 spiro atoms. The van der Waals surface area contributed by atoms with Gasteiger partial charge in [0, 0.05) is 17.3 Å². The van der Waals surface area contributed by atoms with Crippen LogP contribution in [0.1, 0.15) is 20.7 Å². The summed E-state index contributed by atoms with van der Waals surface area (Å²) in [5, 5.41) is 0.744. The molecular formula is C18H17NO4S. The van der Waals surface area contributed by atoms with Crippen LogP contribution in [-0.2, 0) is 9.47 Å². The molecule has 0 bridgehead atoms. The lowest BCUT2D eigenvalue weighted by atomic mass is 10.1. The Bertz CT molecular complexity index is 916. The predicted molar refractivity (Wildman–Crippen MR) is 94.9 cm³/mol. The fourth-order valence-electron chi connectivity index (χ4n) is 2.68. The van der Waals surface area contributed by atoms with Crippen LogP contribution in [0.3, 0.4) is 0 Å². The van der Waals surface area contributed by atoms with E-state index < -0.39 is 5.97 Å². The van der Waals surface area contributed by atoms with E-state index in [0.29, 0.717) is 17.7 Å². The van der Waals surface area contributed by atoms with Gasteiger partial charge in [0.2, 0.25) is 0 Å². The molecule has 2 aromatic heterocycles. The molecule has 0 saturated carbocycles. The van der Waals surface area contributed by atoms with Crippen LogP contribution in [0.15, 0.2) is 42.6 Å².